The standard InChI is InChI=1S/C31H40ClN5O4/c1-30(2)27(31(3,4)28(30)40-24-8-5-19(16-33)25(32)15-24)36-26(39)20-17-34-29(35-18-20)41-23-9-6-21(7-10-23)37-13-11-22(38)12-14-37/h5,8,15,17-18,21-23,27-28,38H,6-7,9-14H2,1-4H3,(H,36,39). The Morgan fingerprint density at radius 3 is 2.27 bits per heavy atom. The van der Waals surface area contributed by atoms with E-state index >= 15 is 0 Å². The molecule has 0 bridgehead atoms. The van der Waals surface area contributed by atoms with E-state index in [0.717, 1.165) is 51.6 Å². The predicted molar refractivity (Wildman–Crippen MR) is 155 cm³/mol. The van der Waals surface area contributed by atoms with Gasteiger partial charge in [-0.3, -0.25) is 4.79 Å². The summed E-state index contributed by atoms with van der Waals surface area (Å²) in [7, 11) is 0. The van der Waals surface area contributed by atoms with Crippen LogP contribution in [0.4, 0.5) is 0 Å². The van der Waals surface area contributed by atoms with Crippen molar-refractivity contribution in [2.45, 2.75) is 96.6 Å². The van der Waals surface area contributed by atoms with Gasteiger partial charge in [0.05, 0.1) is 22.3 Å². The highest BCUT2D eigenvalue weighted by Crippen LogP contribution is 2.55. The highest BCUT2D eigenvalue weighted by atomic mass is 35.5. The van der Waals surface area contributed by atoms with Gasteiger partial charge in [-0.1, -0.05) is 39.3 Å². The molecule has 2 aromatic rings. The average Bonchev–Trinajstić information content (AvgIpc) is 2.95. The maximum Gasteiger partial charge on any atom is 0.316 e. The first kappa shape index (κ1) is 29.6. The molecule has 5 rings (SSSR count). The van der Waals surface area contributed by atoms with Crippen molar-refractivity contribution in [1.29, 1.82) is 5.26 Å². The number of hydrogen-bond acceptors (Lipinski definition) is 8. The Bertz CT molecular complexity index is 1260. The summed E-state index contributed by atoms with van der Waals surface area (Å²) in [6.07, 6.45) is 8.53. The Morgan fingerprint density at radius 1 is 1.05 bits per heavy atom. The summed E-state index contributed by atoms with van der Waals surface area (Å²) in [6.45, 7) is 10.2. The Hall–Kier alpha value is -2.93. The van der Waals surface area contributed by atoms with Crippen LogP contribution in [0.3, 0.4) is 0 Å². The quantitative estimate of drug-likeness (QED) is 0.480. The fourth-order valence-corrected chi connectivity index (χ4v) is 7.45. The normalized spacial score (nSPS) is 27.7. The van der Waals surface area contributed by atoms with Crippen LogP contribution in [0, 0.1) is 22.2 Å². The van der Waals surface area contributed by atoms with Crippen LogP contribution >= 0.6 is 11.6 Å². The van der Waals surface area contributed by atoms with Gasteiger partial charge < -0.3 is 24.8 Å². The second-order valence-electron chi connectivity index (χ2n) is 12.9. The van der Waals surface area contributed by atoms with Crippen molar-refractivity contribution < 1.29 is 19.4 Å². The molecule has 3 fully saturated rings. The second-order valence-corrected chi connectivity index (χ2v) is 13.3. The molecule has 41 heavy (non-hydrogen) atoms. The van der Waals surface area contributed by atoms with Crippen LogP contribution in [0.2, 0.25) is 5.02 Å². The maximum atomic E-state index is 13.2. The van der Waals surface area contributed by atoms with Gasteiger partial charge in [0.2, 0.25) is 0 Å². The minimum Gasteiger partial charge on any atom is -0.489 e. The largest absolute Gasteiger partial charge is 0.489 e. The maximum absolute atomic E-state index is 13.2. The van der Waals surface area contributed by atoms with E-state index in [4.69, 9.17) is 26.3 Å². The molecule has 10 heteroatoms. The molecule has 3 aliphatic rings. The lowest BCUT2D eigenvalue weighted by molar-refractivity contribution is -0.164. The second kappa shape index (κ2) is 11.7. The zero-order valence-electron chi connectivity index (χ0n) is 24.3. The molecule has 0 spiro atoms. The lowest BCUT2D eigenvalue weighted by Crippen LogP contribution is -2.74. The van der Waals surface area contributed by atoms with E-state index in [1.807, 2.05) is 0 Å². The van der Waals surface area contributed by atoms with Crippen LogP contribution < -0.4 is 14.8 Å². The molecular weight excluding hydrogens is 542 g/mol. The van der Waals surface area contributed by atoms with E-state index in [9.17, 15) is 9.90 Å². The molecule has 0 radical (unpaired) electrons. The van der Waals surface area contributed by atoms with Crippen molar-refractivity contribution in [2.75, 3.05) is 13.1 Å². The van der Waals surface area contributed by atoms with Crippen LogP contribution in [0.15, 0.2) is 30.6 Å². The number of ether oxygens (including phenoxy) is 2. The number of rotatable bonds is 7. The number of carbonyl (C=O) groups excluding carboxylic acids is 1. The average molecular weight is 582 g/mol. The zero-order valence-corrected chi connectivity index (χ0v) is 25.0. The van der Waals surface area contributed by atoms with E-state index in [1.54, 1.807) is 18.2 Å². The minimum atomic E-state index is -0.365. The smallest absolute Gasteiger partial charge is 0.316 e. The first-order valence-electron chi connectivity index (χ1n) is 14.6. The number of piperidine rings is 1. The number of nitriles is 1. The number of benzene rings is 1. The topological polar surface area (TPSA) is 121 Å². The molecule has 2 heterocycles. The molecule has 2 N–H and O–H groups in total. The van der Waals surface area contributed by atoms with E-state index in [2.05, 4.69) is 53.9 Å². The third-order valence-electron chi connectivity index (χ3n) is 9.25. The number of nitrogens with zero attached hydrogens (tertiary/aromatic N) is 4. The molecule has 1 aliphatic heterocycles. The number of hydrogen-bond donors (Lipinski definition) is 2. The van der Waals surface area contributed by atoms with E-state index in [0.29, 0.717) is 34.0 Å². The van der Waals surface area contributed by atoms with Gasteiger partial charge in [0.25, 0.3) is 5.91 Å². The van der Waals surface area contributed by atoms with Crippen LogP contribution in [0.5, 0.6) is 11.8 Å². The summed E-state index contributed by atoms with van der Waals surface area (Å²) < 4.78 is 12.4. The Morgan fingerprint density at radius 2 is 1.68 bits per heavy atom. The Balaban J connectivity index is 1.13. The molecule has 1 aromatic heterocycles. The third-order valence-corrected chi connectivity index (χ3v) is 9.56. The van der Waals surface area contributed by atoms with Crippen LogP contribution in [0.1, 0.15) is 82.1 Å². The molecule has 1 saturated heterocycles. The van der Waals surface area contributed by atoms with Crippen LogP contribution in [-0.4, -0.2) is 69.4 Å². The lowest BCUT2D eigenvalue weighted by atomic mass is 9.49. The van der Waals surface area contributed by atoms with Gasteiger partial charge in [-0.05, 0) is 50.7 Å². The molecule has 9 nitrogen and oxygen atoms in total. The van der Waals surface area contributed by atoms with Gasteiger partial charge in [0, 0.05) is 54.5 Å². The van der Waals surface area contributed by atoms with Crippen molar-refractivity contribution in [3.8, 4) is 17.8 Å². The molecule has 1 aromatic carbocycles. The third kappa shape index (κ3) is 6.15. The first-order chi connectivity index (χ1) is 19.5. The molecule has 0 unspecified atom stereocenters. The summed E-state index contributed by atoms with van der Waals surface area (Å²) in [5.41, 5.74) is 0.0487. The SMILES string of the molecule is CC1(C)C(NC(=O)c2cnc(OC3CCC(N4CCC(O)CC4)CC3)nc2)C(C)(C)C1Oc1ccc(C#N)c(Cl)c1. The summed E-state index contributed by atoms with van der Waals surface area (Å²) >= 11 is 6.20. The van der Waals surface area contributed by atoms with Gasteiger partial charge in [-0.15, -0.1) is 0 Å². The highest BCUT2D eigenvalue weighted by Gasteiger charge is 2.64. The number of aromatic nitrogens is 2. The number of halogens is 1. The van der Waals surface area contributed by atoms with E-state index < -0.39 is 0 Å². The number of nitrogens with one attached hydrogen (secondary N) is 1. The van der Waals surface area contributed by atoms with Gasteiger partial charge in [0.1, 0.15) is 24.0 Å². The summed E-state index contributed by atoms with van der Waals surface area (Å²) in [5, 5.41) is 22.4. The van der Waals surface area contributed by atoms with Crippen LogP contribution in [-0.2, 0) is 0 Å². The fraction of sp³-hybridized carbons (Fsp3) is 0.613. The number of likely N-dealkylation sites (tertiary alicyclic amines) is 1. The van der Waals surface area contributed by atoms with Crippen molar-refractivity contribution >= 4 is 17.5 Å². The molecule has 2 saturated carbocycles. The fourth-order valence-electron chi connectivity index (χ4n) is 7.23. The molecule has 2 aliphatic carbocycles. The molecular formula is C31H40ClN5O4. The van der Waals surface area contributed by atoms with Crippen molar-refractivity contribution in [3.63, 3.8) is 0 Å². The van der Waals surface area contributed by atoms with Gasteiger partial charge >= 0.3 is 6.01 Å². The van der Waals surface area contributed by atoms with Crippen molar-refractivity contribution in [1.82, 2.24) is 20.2 Å². The minimum absolute atomic E-state index is 0.0702. The van der Waals surface area contributed by atoms with Crippen LogP contribution in [0.25, 0.3) is 0 Å². The van der Waals surface area contributed by atoms with E-state index in [-0.39, 0.29) is 41.1 Å². The van der Waals surface area contributed by atoms with Crippen molar-refractivity contribution in [2.24, 2.45) is 10.8 Å². The van der Waals surface area contributed by atoms with Gasteiger partial charge in [-0.2, -0.15) is 5.26 Å². The summed E-state index contributed by atoms with van der Waals surface area (Å²) in [6, 6.07) is 7.81. The molecule has 1 amide bonds. The Labute approximate surface area is 247 Å². The number of amides is 1. The number of aliphatic hydroxyl groups is 1. The Kier molecular flexibility index (Phi) is 8.47. The monoisotopic (exact) mass is 581 g/mol. The van der Waals surface area contributed by atoms with Gasteiger partial charge in [-0.25, -0.2) is 9.97 Å². The molecule has 0 atom stereocenters. The zero-order chi connectivity index (χ0) is 29.4. The highest BCUT2D eigenvalue weighted by molar-refractivity contribution is 6.31. The predicted octanol–water partition coefficient (Wildman–Crippen LogP) is 4.76. The van der Waals surface area contributed by atoms with Gasteiger partial charge in [0.15, 0.2) is 0 Å². The van der Waals surface area contributed by atoms with E-state index in [1.165, 1.54) is 12.4 Å². The first-order valence-corrected chi connectivity index (χ1v) is 14.9. The number of carbonyl (C=O) groups is 1. The van der Waals surface area contributed by atoms with Crippen molar-refractivity contribution in [3.05, 3.63) is 46.7 Å². The molecule has 220 valence electrons. The lowest BCUT2D eigenvalue weighted by Gasteiger charge is -2.63. The number of aliphatic hydroxyl groups excluding tert-OH is 1. The summed E-state index contributed by atoms with van der Waals surface area (Å²) in [5.74, 6) is 0.350. The summed E-state index contributed by atoms with van der Waals surface area (Å²) in [4.78, 5) is 24.4.